The Morgan fingerprint density at radius 1 is 1.20 bits per heavy atom. The first-order valence-corrected chi connectivity index (χ1v) is 6.74. The Hall–Kier alpha value is -2.56. The summed E-state index contributed by atoms with van der Waals surface area (Å²) in [6.45, 7) is 0. The summed E-state index contributed by atoms with van der Waals surface area (Å²) in [5.41, 5.74) is 2.32. The molecule has 100 valence electrons. The highest BCUT2D eigenvalue weighted by atomic mass is 16.1. The first kappa shape index (κ1) is 11.3. The third-order valence-electron chi connectivity index (χ3n) is 3.53. The molecule has 1 aliphatic carbocycles. The monoisotopic (exact) mass is 266 g/mol. The molecular formula is C15H14N4O. The predicted molar refractivity (Wildman–Crippen MR) is 78.3 cm³/mol. The Morgan fingerprint density at radius 2 is 2.05 bits per heavy atom. The maximum Gasteiger partial charge on any atom is 0.331 e. The molecule has 0 aliphatic heterocycles. The molecule has 1 saturated carbocycles. The van der Waals surface area contributed by atoms with E-state index in [1.54, 1.807) is 10.8 Å². The molecule has 1 aromatic carbocycles. The number of hydrogen-bond acceptors (Lipinski definition) is 3. The zero-order valence-corrected chi connectivity index (χ0v) is 10.8. The largest absolute Gasteiger partial charge is 0.367 e. The Labute approximate surface area is 115 Å². The van der Waals surface area contributed by atoms with Gasteiger partial charge in [0.15, 0.2) is 0 Å². The lowest BCUT2D eigenvalue weighted by molar-refractivity contribution is 1.000. The highest BCUT2D eigenvalue weighted by Gasteiger charge is 2.21. The Balaban J connectivity index is 1.78. The number of H-pyrrole nitrogens is 1. The Morgan fingerprint density at radius 3 is 2.80 bits per heavy atom. The van der Waals surface area contributed by atoms with Gasteiger partial charge in [-0.1, -0.05) is 12.1 Å². The summed E-state index contributed by atoms with van der Waals surface area (Å²) in [7, 11) is 0. The fraction of sp³-hybridized carbons (Fsp3) is 0.200. The first-order valence-electron chi connectivity index (χ1n) is 6.74. The fourth-order valence-corrected chi connectivity index (χ4v) is 2.35. The van der Waals surface area contributed by atoms with Gasteiger partial charge >= 0.3 is 5.69 Å². The van der Waals surface area contributed by atoms with E-state index in [1.165, 1.54) is 12.8 Å². The maximum atomic E-state index is 12.1. The Bertz CT molecular complexity index is 812. The minimum atomic E-state index is -0.143. The summed E-state index contributed by atoms with van der Waals surface area (Å²) in [6.07, 6.45) is 4.16. The van der Waals surface area contributed by atoms with Crippen molar-refractivity contribution >= 4 is 16.9 Å². The number of rotatable bonds is 3. The number of aromatic amines is 1. The predicted octanol–water partition coefficient (Wildman–Crippen LogP) is 2.29. The van der Waals surface area contributed by atoms with E-state index in [-0.39, 0.29) is 5.69 Å². The summed E-state index contributed by atoms with van der Waals surface area (Å²) < 4.78 is 1.64. The molecule has 3 aromatic rings. The molecule has 0 amide bonds. The van der Waals surface area contributed by atoms with Gasteiger partial charge in [-0.15, -0.1) is 0 Å². The molecule has 20 heavy (non-hydrogen) atoms. The van der Waals surface area contributed by atoms with Crippen LogP contribution in [0.1, 0.15) is 12.8 Å². The van der Waals surface area contributed by atoms with Crippen molar-refractivity contribution in [3.05, 3.63) is 53.1 Å². The molecule has 0 unspecified atom stereocenters. The molecule has 1 aliphatic rings. The molecule has 1 fully saturated rings. The van der Waals surface area contributed by atoms with Crippen molar-refractivity contribution in [3.8, 4) is 5.69 Å². The van der Waals surface area contributed by atoms with Gasteiger partial charge in [0.1, 0.15) is 5.82 Å². The number of aromatic nitrogens is 3. The van der Waals surface area contributed by atoms with E-state index in [2.05, 4.69) is 15.3 Å². The number of pyridine rings is 1. The lowest BCUT2D eigenvalue weighted by Gasteiger charge is -2.06. The molecule has 0 saturated heterocycles. The molecule has 0 spiro atoms. The maximum absolute atomic E-state index is 12.1. The summed E-state index contributed by atoms with van der Waals surface area (Å²) in [5.74, 6) is 0.865. The van der Waals surface area contributed by atoms with Gasteiger partial charge < -0.3 is 10.3 Å². The number of fused-ring (bicyclic) bond motifs is 1. The van der Waals surface area contributed by atoms with Crippen LogP contribution in [0.2, 0.25) is 0 Å². The average Bonchev–Trinajstić information content (AvgIpc) is 3.20. The lowest BCUT2D eigenvalue weighted by atomic mass is 10.3. The molecule has 5 heteroatoms. The number of para-hydroxylation sites is 2. The normalized spacial score (nSPS) is 14.6. The van der Waals surface area contributed by atoms with Gasteiger partial charge in [-0.2, -0.15) is 0 Å². The van der Waals surface area contributed by atoms with Crippen LogP contribution in [0, 0.1) is 0 Å². The highest BCUT2D eigenvalue weighted by molar-refractivity contribution is 5.77. The molecule has 4 rings (SSSR count). The minimum absolute atomic E-state index is 0.143. The van der Waals surface area contributed by atoms with E-state index < -0.39 is 0 Å². The van der Waals surface area contributed by atoms with Crippen LogP contribution in [0.15, 0.2) is 47.4 Å². The quantitative estimate of drug-likeness (QED) is 0.764. The smallest absolute Gasteiger partial charge is 0.331 e. The van der Waals surface area contributed by atoms with Gasteiger partial charge in [0, 0.05) is 6.04 Å². The molecule has 0 atom stereocenters. The molecule has 5 nitrogen and oxygen atoms in total. The number of imidazole rings is 1. The third kappa shape index (κ3) is 1.87. The number of hydrogen-bond donors (Lipinski definition) is 2. The average molecular weight is 266 g/mol. The molecule has 2 heterocycles. The molecule has 2 aromatic heterocycles. The van der Waals surface area contributed by atoms with E-state index in [0.717, 1.165) is 22.5 Å². The zero-order chi connectivity index (χ0) is 13.5. The van der Waals surface area contributed by atoms with Crippen molar-refractivity contribution in [2.45, 2.75) is 18.9 Å². The second-order valence-corrected chi connectivity index (χ2v) is 5.10. The van der Waals surface area contributed by atoms with Crippen LogP contribution in [0.3, 0.4) is 0 Å². The lowest BCUT2D eigenvalue weighted by Crippen LogP contribution is -2.15. The van der Waals surface area contributed by atoms with Crippen LogP contribution in [-0.4, -0.2) is 20.6 Å². The third-order valence-corrected chi connectivity index (χ3v) is 3.53. The molecule has 0 radical (unpaired) electrons. The van der Waals surface area contributed by atoms with E-state index in [1.807, 2.05) is 36.4 Å². The first-order chi connectivity index (χ1) is 9.81. The van der Waals surface area contributed by atoms with Crippen LogP contribution in [-0.2, 0) is 0 Å². The van der Waals surface area contributed by atoms with Gasteiger partial charge in [0.2, 0.25) is 0 Å². The summed E-state index contributed by atoms with van der Waals surface area (Å²) in [5, 5.41) is 3.33. The molecule has 0 bridgehead atoms. The van der Waals surface area contributed by atoms with Gasteiger partial charge in [-0.3, -0.25) is 4.57 Å². The fourth-order valence-electron chi connectivity index (χ4n) is 2.35. The van der Waals surface area contributed by atoms with Crippen LogP contribution in [0.4, 0.5) is 5.82 Å². The van der Waals surface area contributed by atoms with Crippen molar-refractivity contribution in [2.75, 3.05) is 5.32 Å². The van der Waals surface area contributed by atoms with Crippen LogP contribution in [0.5, 0.6) is 0 Å². The van der Waals surface area contributed by atoms with Crippen molar-refractivity contribution in [1.29, 1.82) is 0 Å². The van der Waals surface area contributed by atoms with Crippen molar-refractivity contribution in [1.82, 2.24) is 14.5 Å². The number of benzene rings is 1. The highest BCUT2D eigenvalue weighted by Crippen LogP contribution is 2.24. The number of nitrogens with zero attached hydrogens (tertiary/aromatic N) is 2. The van der Waals surface area contributed by atoms with Gasteiger partial charge in [0.05, 0.1) is 22.9 Å². The molecular weight excluding hydrogens is 252 g/mol. The summed E-state index contributed by atoms with van der Waals surface area (Å²) in [6, 6.07) is 12.0. The van der Waals surface area contributed by atoms with Crippen molar-refractivity contribution < 1.29 is 0 Å². The van der Waals surface area contributed by atoms with E-state index in [4.69, 9.17) is 0 Å². The van der Waals surface area contributed by atoms with Crippen LogP contribution in [0.25, 0.3) is 16.7 Å². The molecule has 2 N–H and O–H groups in total. The van der Waals surface area contributed by atoms with Crippen molar-refractivity contribution in [3.63, 3.8) is 0 Å². The second kappa shape index (κ2) is 4.23. The van der Waals surface area contributed by atoms with Crippen molar-refractivity contribution in [2.24, 2.45) is 0 Å². The number of anilines is 1. The van der Waals surface area contributed by atoms with E-state index >= 15 is 0 Å². The van der Waals surface area contributed by atoms with Gasteiger partial charge in [-0.25, -0.2) is 9.78 Å². The van der Waals surface area contributed by atoms with Crippen LogP contribution < -0.4 is 11.0 Å². The van der Waals surface area contributed by atoms with E-state index in [0.29, 0.717) is 6.04 Å². The topological polar surface area (TPSA) is 62.7 Å². The summed E-state index contributed by atoms with van der Waals surface area (Å²) >= 11 is 0. The van der Waals surface area contributed by atoms with Gasteiger partial charge in [-0.05, 0) is 37.1 Å². The number of nitrogens with one attached hydrogen (secondary N) is 2. The Kier molecular flexibility index (Phi) is 2.39. The standard InChI is InChI=1S/C15H14N4O/c20-15-18-12-3-1-2-4-13(12)19(15)11-7-8-14(16-9-11)17-10-5-6-10/h1-4,7-10H,5-6H2,(H,16,17)(H,18,20). The van der Waals surface area contributed by atoms with E-state index in [9.17, 15) is 4.79 Å². The van der Waals surface area contributed by atoms with Gasteiger partial charge in [0.25, 0.3) is 0 Å². The summed E-state index contributed by atoms with van der Waals surface area (Å²) in [4.78, 5) is 19.3. The van der Waals surface area contributed by atoms with Crippen LogP contribution >= 0.6 is 0 Å². The minimum Gasteiger partial charge on any atom is -0.367 e. The second-order valence-electron chi connectivity index (χ2n) is 5.10. The SMILES string of the molecule is O=c1[nH]c2ccccc2n1-c1ccc(NC2CC2)nc1. The zero-order valence-electron chi connectivity index (χ0n) is 10.8.